The van der Waals surface area contributed by atoms with Crippen LogP contribution in [-0.4, -0.2) is 20.2 Å². The van der Waals surface area contributed by atoms with E-state index in [1.54, 1.807) is 34.9 Å². The van der Waals surface area contributed by atoms with Gasteiger partial charge in [-0.1, -0.05) is 31.5 Å². The van der Waals surface area contributed by atoms with Crippen LogP contribution in [0.4, 0.5) is 0 Å². The van der Waals surface area contributed by atoms with Crippen molar-refractivity contribution in [2.24, 2.45) is 0 Å². The van der Waals surface area contributed by atoms with Crippen molar-refractivity contribution in [2.45, 2.75) is 25.7 Å². The number of hydrogen-bond acceptors (Lipinski definition) is 6. The zero-order valence-electron chi connectivity index (χ0n) is 15.2. The number of rotatable bonds is 5. The lowest BCUT2D eigenvalue weighted by atomic mass is 9.92. The molecular formula is C20H16ClN5S2. The largest absolute Gasteiger partial charge is 0.281 e. The molecule has 8 heteroatoms. The van der Waals surface area contributed by atoms with E-state index in [9.17, 15) is 5.26 Å². The van der Waals surface area contributed by atoms with Crippen LogP contribution in [0.1, 0.15) is 52.6 Å². The van der Waals surface area contributed by atoms with Gasteiger partial charge in [-0.3, -0.25) is 5.10 Å². The van der Waals surface area contributed by atoms with Crippen molar-refractivity contribution in [2.75, 3.05) is 0 Å². The minimum absolute atomic E-state index is 0.0258. The van der Waals surface area contributed by atoms with Crippen molar-refractivity contribution >= 4 is 34.3 Å². The number of halogens is 1. The number of aromatic amines is 1. The lowest BCUT2D eigenvalue weighted by Gasteiger charge is -2.14. The van der Waals surface area contributed by atoms with Crippen LogP contribution in [0.2, 0.25) is 5.02 Å². The Morgan fingerprint density at radius 1 is 1.07 bits per heavy atom. The van der Waals surface area contributed by atoms with Crippen LogP contribution in [0.3, 0.4) is 0 Å². The van der Waals surface area contributed by atoms with Gasteiger partial charge in [0.15, 0.2) is 0 Å². The number of benzene rings is 1. The summed E-state index contributed by atoms with van der Waals surface area (Å²) in [6.07, 6.45) is 3.62. The first-order valence-electron chi connectivity index (χ1n) is 8.67. The van der Waals surface area contributed by atoms with Crippen LogP contribution in [0.15, 0.2) is 41.4 Å². The SMILES string of the molecule is CC(c1nccs1)c1n[nH]c(C(C)c2nccs2)c1-c1ccc(C#N)c(Cl)c1. The molecule has 0 aliphatic rings. The van der Waals surface area contributed by atoms with Gasteiger partial charge in [-0.2, -0.15) is 10.4 Å². The summed E-state index contributed by atoms with van der Waals surface area (Å²) in [6.45, 7) is 4.21. The maximum Gasteiger partial charge on any atom is 0.101 e. The molecule has 4 aromatic rings. The van der Waals surface area contributed by atoms with Crippen molar-refractivity contribution in [3.63, 3.8) is 0 Å². The van der Waals surface area contributed by atoms with Crippen LogP contribution in [0.25, 0.3) is 11.1 Å². The van der Waals surface area contributed by atoms with Gasteiger partial charge in [0.05, 0.1) is 33.8 Å². The number of nitriles is 1. The Labute approximate surface area is 175 Å². The van der Waals surface area contributed by atoms with Gasteiger partial charge in [0, 0.05) is 28.7 Å². The molecular weight excluding hydrogens is 410 g/mol. The molecule has 2 atom stereocenters. The van der Waals surface area contributed by atoms with Crippen LogP contribution >= 0.6 is 34.3 Å². The maximum atomic E-state index is 9.21. The third-order valence-electron chi connectivity index (χ3n) is 4.69. The first kappa shape index (κ1) is 18.8. The molecule has 1 aromatic carbocycles. The van der Waals surface area contributed by atoms with Gasteiger partial charge in [0.25, 0.3) is 0 Å². The fraction of sp³-hybridized carbons (Fsp3) is 0.200. The average Bonchev–Trinajstić information content (AvgIpc) is 3.48. The van der Waals surface area contributed by atoms with E-state index in [0.717, 1.165) is 32.5 Å². The highest BCUT2D eigenvalue weighted by atomic mass is 35.5. The van der Waals surface area contributed by atoms with E-state index in [0.29, 0.717) is 10.6 Å². The summed E-state index contributed by atoms with van der Waals surface area (Å²) in [6, 6.07) is 7.62. The van der Waals surface area contributed by atoms with E-state index in [1.807, 2.05) is 29.1 Å². The molecule has 3 aromatic heterocycles. The molecule has 0 saturated carbocycles. The second-order valence-electron chi connectivity index (χ2n) is 6.39. The van der Waals surface area contributed by atoms with Gasteiger partial charge in [-0.25, -0.2) is 9.97 Å². The zero-order chi connectivity index (χ0) is 19.7. The number of nitrogens with zero attached hydrogens (tertiary/aromatic N) is 4. The molecule has 2 unspecified atom stereocenters. The van der Waals surface area contributed by atoms with E-state index in [4.69, 9.17) is 11.6 Å². The first-order chi connectivity index (χ1) is 13.6. The van der Waals surface area contributed by atoms with Gasteiger partial charge in [-0.05, 0) is 17.7 Å². The Bertz CT molecular complexity index is 1070. The molecule has 0 bridgehead atoms. The van der Waals surface area contributed by atoms with Gasteiger partial charge >= 0.3 is 0 Å². The zero-order valence-corrected chi connectivity index (χ0v) is 17.6. The van der Waals surface area contributed by atoms with Crippen molar-refractivity contribution in [3.05, 3.63) is 73.3 Å². The molecule has 0 amide bonds. The van der Waals surface area contributed by atoms with Gasteiger partial charge in [0.2, 0.25) is 0 Å². The van der Waals surface area contributed by atoms with Gasteiger partial charge in [-0.15, -0.1) is 22.7 Å². The Morgan fingerprint density at radius 3 is 2.32 bits per heavy atom. The number of aromatic nitrogens is 4. The van der Waals surface area contributed by atoms with E-state index in [1.165, 1.54) is 0 Å². The van der Waals surface area contributed by atoms with E-state index >= 15 is 0 Å². The smallest absolute Gasteiger partial charge is 0.101 e. The third kappa shape index (κ3) is 3.35. The van der Waals surface area contributed by atoms with Crippen molar-refractivity contribution < 1.29 is 0 Å². The lowest BCUT2D eigenvalue weighted by Crippen LogP contribution is -2.01. The molecule has 0 aliphatic carbocycles. The average molecular weight is 426 g/mol. The fourth-order valence-electron chi connectivity index (χ4n) is 3.20. The number of hydrogen-bond donors (Lipinski definition) is 1. The predicted octanol–water partition coefficient (Wildman–Crippen LogP) is 5.82. The van der Waals surface area contributed by atoms with Crippen LogP contribution in [-0.2, 0) is 0 Å². The van der Waals surface area contributed by atoms with Gasteiger partial charge < -0.3 is 0 Å². The summed E-state index contributed by atoms with van der Waals surface area (Å²) in [5.74, 6) is 0.0760. The highest BCUT2D eigenvalue weighted by Crippen LogP contribution is 2.40. The Balaban J connectivity index is 1.89. The Hall–Kier alpha value is -2.53. The number of nitrogens with one attached hydrogen (secondary N) is 1. The van der Waals surface area contributed by atoms with Gasteiger partial charge in [0.1, 0.15) is 16.1 Å². The molecule has 28 heavy (non-hydrogen) atoms. The summed E-state index contributed by atoms with van der Waals surface area (Å²) in [4.78, 5) is 8.93. The lowest BCUT2D eigenvalue weighted by molar-refractivity contribution is 0.821. The second-order valence-corrected chi connectivity index (χ2v) is 8.65. The summed E-state index contributed by atoms with van der Waals surface area (Å²) < 4.78 is 0. The summed E-state index contributed by atoms with van der Waals surface area (Å²) in [7, 11) is 0. The van der Waals surface area contributed by atoms with Crippen LogP contribution < -0.4 is 0 Å². The Kier molecular flexibility index (Phi) is 5.27. The van der Waals surface area contributed by atoms with Crippen molar-refractivity contribution in [1.29, 1.82) is 5.26 Å². The van der Waals surface area contributed by atoms with Crippen molar-refractivity contribution in [3.8, 4) is 17.2 Å². The van der Waals surface area contributed by atoms with E-state index < -0.39 is 0 Å². The highest BCUT2D eigenvalue weighted by molar-refractivity contribution is 7.09. The van der Waals surface area contributed by atoms with E-state index in [2.05, 4.69) is 40.1 Å². The quantitative estimate of drug-likeness (QED) is 0.437. The molecule has 5 nitrogen and oxygen atoms in total. The first-order valence-corrected chi connectivity index (χ1v) is 10.8. The number of thiazole rings is 2. The maximum absolute atomic E-state index is 9.21. The molecule has 0 fully saturated rings. The molecule has 0 aliphatic heterocycles. The highest BCUT2D eigenvalue weighted by Gasteiger charge is 2.27. The molecule has 0 spiro atoms. The van der Waals surface area contributed by atoms with E-state index in [-0.39, 0.29) is 11.8 Å². The normalized spacial score (nSPS) is 13.2. The standard InChI is InChI=1S/C20H16ClN5S2/c1-11(19-23-5-7-27-19)17-16(13-3-4-14(10-22)15(21)9-13)18(26-25-17)12(2)20-24-6-8-28-20/h3-9,11-12H,1-2H3,(H,25,26). The molecule has 140 valence electrons. The molecule has 4 rings (SSSR count). The minimum Gasteiger partial charge on any atom is -0.281 e. The Morgan fingerprint density at radius 2 is 1.75 bits per heavy atom. The summed E-state index contributed by atoms with van der Waals surface area (Å²) in [5, 5.41) is 23.5. The monoisotopic (exact) mass is 425 g/mol. The topological polar surface area (TPSA) is 78.2 Å². The summed E-state index contributed by atoms with van der Waals surface area (Å²) in [5.41, 5.74) is 4.27. The minimum atomic E-state index is 0.0258. The fourth-order valence-corrected chi connectivity index (χ4v) is 4.82. The van der Waals surface area contributed by atoms with Crippen LogP contribution in [0, 0.1) is 11.3 Å². The van der Waals surface area contributed by atoms with Crippen molar-refractivity contribution in [1.82, 2.24) is 20.2 Å². The third-order valence-corrected chi connectivity index (χ3v) is 6.92. The summed E-state index contributed by atoms with van der Waals surface area (Å²) >= 11 is 9.56. The second kappa shape index (κ2) is 7.84. The molecule has 0 radical (unpaired) electrons. The number of H-pyrrole nitrogens is 1. The molecule has 0 saturated heterocycles. The van der Waals surface area contributed by atoms with Crippen LogP contribution in [0.5, 0.6) is 0 Å². The predicted molar refractivity (Wildman–Crippen MR) is 113 cm³/mol. The molecule has 3 heterocycles. The molecule has 1 N–H and O–H groups in total.